The summed E-state index contributed by atoms with van der Waals surface area (Å²) in [5, 5.41) is 2.74. The van der Waals surface area contributed by atoms with E-state index in [2.05, 4.69) is 10.3 Å². The van der Waals surface area contributed by atoms with Crippen LogP contribution in [0.4, 0.5) is 5.69 Å². The second-order valence-electron chi connectivity index (χ2n) is 6.56. The number of nitrogens with zero attached hydrogens (tertiary/aromatic N) is 2. The smallest absolute Gasteiger partial charge is 0.326 e. The van der Waals surface area contributed by atoms with Crippen LogP contribution in [0.25, 0.3) is 10.2 Å². The van der Waals surface area contributed by atoms with E-state index in [-0.39, 0.29) is 31.4 Å². The molecule has 0 bridgehead atoms. The van der Waals surface area contributed by atoms with E-state index < -0.39 is 5.97 Å². The minimum absolute atomic E-state index is 0.0435. The fourth-order valence-electron chi connectivity index (χ4n) is 2.86. The summed E-state index contributed by atoms with van der Waals surface area (Å²) in [6, 6.07) is 15.2. The molecule has 1 aromatic heterocycles. The Morgan fingerprint density at radius 1 is 1.16 bits per heavy atom. The number of hydrogen-bond acceptors (Lipinski definition) is 6. The van der Waals surface area contributed by atoms with Crippen LogP contribution in [-0.4, -0.2) is 34.7 Å². The second-order valence-corrected chi connectivity index (χ2v) is 8.73. The minimum Gasteiger partial charge on any atom is -0.465 e. The van der Waals surface area contributed by atoms with Crippen LogP contribution in [0, 0.1) is 0 Å². The SMILES string of the molecule is CCOC(=O)Cn1c(=NC(=O)CCSc2ccccc2)sc2cc(NC(C)=O)ccc21. The molecule has 0 atom stereocenters. The summed E-state index contributed by atoms with van der Waals surface area (Å²) < 4.78 is 7.56. The molecule has 0 radical (unpaired) electrons. The highest BCUT2D eigenvalue weighted by Gasteiger charge is 2.13. The monoisotopic (exact) mass is 457 g/mol. The van der Waals surface area contributed by atoms with E-state index in [1.165, 1.54) is 18.3 Å². The molecule has 3 aromatic rings. The summed E-state index contributed by atoms with van der Waals surface area (Å²) in [5.74, 6) is -0.218. The van der Waals surface area contributed by atoms with Gasteiger partial charge in [0.15, 0.2) is 4.80 Å². The number of hydrogen-bond donors (Lipinski definition) is 1. The summed E-state index contributed by atoms with van der Waals surface area (Å²) in [6.45, 7) is 3.41. The Labute approximate surface area is 188 Å². The molecule has 0 fully saturated rings. The zero-order chi connectivity index (χ0) is 22.2. The van der Waals surface area contributed by atoms with Crippen LogP contribution in [0.5, 0.6) is 0 Å². The van der Waals surface area contributed by atoms with Gasteiger partial charge in [0.25, 0.3) is 0 Å². The van der Waals surface area contributed by atoms with Gasteiger partial charge in [-0.05, 0) is 37.3 Å². The molecule has 9 heteroatoms. The first kappa shape index (κ1) is 22.8. The quantitative estimate of drug-likeness (QED) is 0.410. The maximum absolute atomic E-state index is 12.5. The van der Waals surface area contributed by atoms with E-state index in [9.17, 15) is 14.4 Å². The van der Waals surface area contributed by atoms with Crippen molar-refractivity contribution in [2.45, 2.75) is 31.7 Å². The summed E-state index contributed by atoms with van der Waals surface area (Å²) in [7, 11) is 0. The zero-order valence-corrected chi connectivity index (χ0v) is 18.9. The van der Waals surface area contributed by atoms with E-state index in [0.717, 1.165) is 15.1 Å². The van der Waals surface area contributed by atoms with Crippen molar-refractivity contribution in [3.05, 3.63) is 53.3 Å². The van der Waals surface area contributed by atoms with E-state index in [1.54, 1.807) is 41.5 Å². The molecule has 0 unspecified atom stereocenters. The number of aromatic nitrogens is 1. The van der Waals surface area contributed by atoms with Crippen molar-refractivity contribution >= 4 is 56.8 Å². The van der Waals surface area contributed by atoms with Crippen molar-refractivity contribution in [1.29, 1.82) is 0 Å². The van der Waals surface area contributed by atoms with E-state index in [1.807, 2.05) is 30.3 Å². The van der Waals surface area contributed by atoms with E-state index in [4.69, 9.17) is 4.74 Å². The lowest BCUT2D eigenvalue weighted by Crippen LogP contribution is -2.23. The number of amides is 2. The Hall–Kier alpha value is -2.91. The second kappa shape index (κ2) is 10.9. The van der Waals surface area contributed by atoms with E-state index in [0.29, 0.717) is 16.2 Å². The average Bonchev–Trinajstić information content (AvgIpc) is 3.04. The van der Waals surface area contributed by atoms with Gasteiger partial charge < -0.3 is 14.6 Å². The van der Waals surface area contributed by atoms with Crippen molar-refractivity contribution in [3.8, 4) is 0 Å². The Kier molecular flexibility index (Phi) is 8.02. The minimum atomic E-state index is -0.401. The fraction of sp³-hybridized carbons (Fsp3) is 0.273. The zero-order valence-electron chi connectivity index (χ0n) is 17.3. The Bertz CT molecular complexity index is 1150. The van der Waals surface area contributed by atoms with Gasteiger partial charge in [0, 0.05) is 29.7 Å². The maximum Gasteiger partial charge on any atom is 0.326 e. The van der Waals surface area contributed by atoms with Crippen LogP contribution < -0.4 is 10.1 Å². The third-order valence-electron chi connectivity index (χ3n) is 4.14. The van der Waals surface area contributed by atoms with Gasteiger partial charge in [-0.2, -0.15) is 4.99 Å². The van der Waals surface area contributed by atoms with Crippen molar-refractivity contribution in [2.75, 3.05) is 17.7 Å². The largest absolute Gasteiger partial charge is 0.465 e. The number of carbonyl (C=O) groups is 3. The molecule has 7 nitrogen and oxygen atoms in total. The molecule has 3 rings (SSSR count). The van der Waals surface area contributed by atoms with Crippen LogP contribution in [0.1, 0.15) is 20.3 Å². The molecule has 2 aromatic carbocycles. The summed E-state index contributed by atoms with van der Waals surface area (Å²) in [6.07, 6.45) is 0.282. The third-order valence-corrected chi connectivity index (χ3v) is 6.20. The van der Waals surface area contributed by atoms with Gasteiger partial charge in [-0.15, -0.1) is 11.8 Å². The molecule has 1 heterocycles. The number of esters is 1. The Morgan fingerprint density at radius 3 is 2.65 bits per heavy atom. The number of carbonyl (C=O) groups excluding carboxylic acids is 3. The van der Waals surface area contributed by atoms with Crippen molar-refractivity contribution in [1.82, 2.24) is 4.57 Å². The van der Waals surface area contributed by atoms with Crippen LogP contribution in [0.3, 0.4) is 0 Å². The molecule has 0 aliphatic heterocycles. The van der Waals surface area contributed by atoms with Crippen molar-refractivity contribution in [3.63, 3.8) is 0 Å². The van der Waals surface area contributed by atoms with Gasteiger partial charge in [0.1, 0.15) is 6.54 Å². The number of thiazole rings is 1. The van der Waals surface area contributed by atoms with Gasteiger partial charge in [-0.1, -0.05) is 29.5 Å². The molecule has 162 valence electrons. The van der Waals surface area contributed by atoms with Crippen molar-refractivity contribution in [2.24, 2.45) is 4.99 Å². The predicted octanol–water partition coefficient (Wildman–Crippen LogP) is 3.83. The number of nitrogens with one attached hydrogen (secondary N) is 1. The van der Waals surface area contributed by atoms with Gasteiger partial charge in [0.2, 0.25) is 11.8 Å². The highest BCUT2D eigenvalue weighted by atomic mass is 32.2. The molecule has 0 aliphatic rings. The highest BCUT2D eigenvalue weighted by Crippen LogP contribution is 2.22. The number of thioether (sulfide) groups is 1. The van der Waals surface area contributed by atoms with Crippen LogP contribution in [0.15, 0.2) is 58.4 Å². The lowest BCUT2D eigenvalue weighted by atomic mass is 10.3. The molecule has 0 spiro atoms. The number of ether oxygens (including phenoxy) is 1. The molecule has 2 amide bonds. The maximum atomic E-state index is 12.5. The van der Waals surface area contributed by atoms with Crippen LogP contribution in [0.2, 0.25) is 0 Å². The van der Waals surface area contributed by atoms with Crippen molar-refractivity contribution < 1.29 is 19.1 Å². The van der Waals surface area contributed by atoms with Crippen LogP contribution >= 0.6 is 23.1 Å². The van der Waals surface area contributed by atoms with Gasteiger partial charge in [0.05, 0.1) is 16.8 Å². The lowest BCUT2D eigenvalue weighted by Gasteiger charge is -2.06. The molecule has 0 aliphatic carbocycles. The Morgan fingerprint density at radius 2 is 1.94 bits per heavy atom. The van der Waals surface area contributed by atoms with Crippen LogP contribution in [-0.2, 0) is 25.7 Å². The molecule has 1 N–H and O–H groups in total. The molecule has 31 heavy (non-hydrogen) atoms. The molecular weight excluding hydrogens is 434 g/mol. The number of rotatable bonds is 8. The number of fused-ring (bicyclic) bond motifs is 1. The topological polar surface area (TPSA) is 89.8 Å². The standard InChI is InChI=1S/C22H23N3O4S2/c1-3-29-21(28)14-25-18-10-9-16(23-15(2)26)13-19(18)31-22(25)24-20(27)11-12-30-17-7-5-4-6-8-17/h4-10,13H,3,11-12,14H2,1-2H3,(H,23,26). The predicted molar refractivity (Wildman–Crippen MR) is 123 cm³/mol. The molecular formula is C22H23N3O4S2. The normalized spacial score (nSPS) is 11.5. The number of benzene rings is 2. The average molecular weight is 458 g/mol. The fourth-order valence-corrected chi connectivity index (χ4v) is 4.81. The van der Waals surface area contributed by atoms with E-state index >= 15 is 0 Å². The van der Waals surface area contributed by atoms with Gasteiger partial charge in [-0.3, -0.25) is 14.4 Å². The first-order valence-electron chi connectivity index (χ1n) is 9.78. The summed E-state index contributed by atoms with van der Waals surface area (Å²) in [5.41, 5.74) is 1.39. The van der Waals surface area contributed by atoms with Gasteiger partial charge >= 0.3 is 5.97 Å². The first-order chi connectivity index (χ1) is 15.0. The Balaban J connectivity index is 1.85. The first-order valence-corrected chi connectivity index (χ1v) is 11.6. The molecule has 0 saturated heterocycles. The van der Waals surface area contributed by atoms with Gasteiger partial charge in [-0.25, -0.2) is 0 Å². The highest BCUT2D eigenvalue weighted by molar-refractivity contribution is 7.99. The molecule has 0 saturated carbocycles. The number of anilines is 1. The summed E-state index contributed by atoms with van der Waals surface area (Å²) in [4.78, 5) is 41.7. The third kappa shape index (κ3) is 6.53. The lowest BCUT2D eigenvalue weighted by molar-refractivity contribution is -0.143. The summed E-state index contributed by atoms with van der Waals surface area (Å²) >= 11 is 2.89.